The SMILES string of the molecule is CC(=CCCNCC(C)C)CC1CCOCC1. The molecule has 17 heavy (non-hydrogen) atoms. The second-order valence-electron chi connectivity index (χ2n) is 5.70. The molecule has 0 saturated carbocycles. The first kappa shape index (κ1) is 14.7. The van der Waals surface area contributed by atoms with Crippen LogP contribution in [0.15, 0.2) is 11.6 Å². The maximum absolute atomic E-state index is 5.39. The van der Waals surface area contributed by atoms with Crippen LogP contribution >= 0.6 is 0 Å². The van der Waals surface area contributed by atoms with E-state index in [0.717, 1.165) is 38.1 Å². The van der Waals surface area contributed by atoms with E-state index in [2.05, 4.69) is 32.2 Å². The molecule has 1 fully saturated rings. The fraction of sp³-hybridized carbons (Fsp3) is 0.867. The molecule has 1 aliphatic heterocycles. The first-order chi connectivity index (χ1) is 8.18. The van der Waals surface area contributed by atoms with Crippen molar-refractivity contribution in [2.45, 2.75) is 46.5 Å². The third-order valence-electron chi connectivity index (χ3n) is 3.32. The van der Waals surface area contributed by atoms with Crippen LogP contribution in [0.25, 0.3) is 0 Å². The standard InChI is InChI=1S/C15H29NO/c1-13(2)12-16-8-4-5-14(3)11-15-6-9-17-10-7-15/h5,13,15-16H,4,6-12H2,1-3H3. The number of rotatable bonds is 7. The van der Waals surface area contributed by atoms with Crippen molar-refractivity contribution >= 4 is 0 Å². The highest BCUT2D eigenvalue weighted by atomic mass is 16.5. The molecule has 2 nitrogen and oxygen atoms in total. The van der Waals surface area contributed by atoms with Crippen molar-refractivity contribution in [3.63, 3.8) is 0 Å². The normalized spacial score (nSPS) is 18.9. The zero-order chi connectivity index (χ0) is 12.5. The van der Waals surface area contributed by atoms with Crippen LogP contribution in [0.4, 0.5) is 0 Å². The molecule has 100 valence electrons. The van der Waals surface area contributed by atoms with Crippen LogP contribution < -0.4 is 5.32 Å². The van der Waals surface area contributed by atoms with E-state index in [-0.39, 0.29) is 0 Å². The van der Waals surface area contributed by atoms with E-state index in [4.69, 9.17) is 4.74 Å². The summed E-state index contributed by atoms with van der Waals surface area (Å²) in [6, 6.07) is 0. The Bertz CT molecular complexity index is 217. The van der Waals surface area contributed by atoms with Gasteiger partial charge in [0.05, 0.1) is 0 Å². The lowest BCUT2D eigenvalue weighted by molar-refractivity contribution is 0.0665. The summed E-state index contributed by atoms with van der Waals surface area (Å²) < 4.78 is 5.39. The van der Waals surface area contributed by atoms with Gasteiger partial charge in [0, 0.05) is 13.2 Å². The Morgan fingerprint density at radius 1 is 1.35 bits per heavy atom. The van der Waals surface area contributed by atoms with E-state index in [1.54, 1.807) is 5.57 Å². The van der Waals surface area contributed by atoms with Gasteiger partial charge < -0.3 is 10.1 Å². The molecule has 1 aliphatic rings. The highest BCUT2D eigenvalue weighted by Gasteiger charge is 2.13. The Morgan fingerprint density at radius 3 is 2.71 bits per heavy atom. The lowest BCUT2D eigenvalue weighted by Gasteiger charge is -2.22. The minimum absolute atomic E-state index is 0.752. The van der Waals surface area contributed by atoms with Gasteiger partial charge in [-0.05, 0) is 57.5 Å². The Labute approximate surface area is 107 Å². The summed E-state index contributed by atoms with van der Waals surface area (Å²) in [4.78, 5) is 0. The van der Waals surface area contributed by atoms with Crippen molar-refractivity contribution in [2.75, 3.05) is 26.3 Å². The van der Waals surface area contributed by atoms with Gasteiger partial charge in [-0.3, -0.25) is 0 Å². The summed E-state index contributed by atoms with van der Waals surface area (Å²) in [5.41, 5.74) is 1.56. The van der Waals surface area contributed by atoms with Gasteiger partial charge >= 0.3 is 0 Å². The summed E-state index contributed by atoms with van der Waals surface area (Å²) in [5, 5.41) is 3.48. The van der Waals surface area contributed by atoms with Crippen molar-refractivity contribution in [3.05, 3.63) is 11.6 Å². The lowest BCUT2D eigenvalue weighted by atomic mass is 9.92. The van der Waals surface area contributed by atoms with Gasteiger partial charge in [-0.25, -0.2) is 0 Å². The van der Waals surface area contributed by atoms with E-state index in [1.807, 2.05) is 0 Å². The molecule has 0 aromatic rings. The van der Waals surface area contributed by atoms with Crippen molar-refractivity contribution < 1.29 is 4.74 Å². The van der Waals surface area contributed by atoms with E-state index in [9.17, 15) is 0 Å². The van der Waals surface area contributed by atoms with Gasteiger partial charge in [0.1, 0.15) is 0 Å². The van der Waals surface area contributed by atoms with E-state index < -0.39 is 0 Å². The zero-order valence-corrected chi connectivity index (χ0v) is 11.8. The van der Waals surface area contributed by atoms with Crippen LogP contribution in [0.2, 0.25) is 0 Å². The molecule has 0 bridgehead atoms. The first-order valence-electron chi connectivity index (χ1n) is 7.12. The quantitative estimate of drug-likeness (QED) is 0.543. The minimum atomic E-state index is 0.752. The first-order valence-corrected chi connectivity index (χ1v) is 7.12. The molecule has 0 atom stereocenters. The predicted octanol–water partition coefficient (Wildman–Crippen LogP) is 3.39. The molecule has 0 spiro atoms. The number of allylic oxidation sites excluding steroid dienone is 1. The molecule has 0 amide bonds. The summed E-state index contributed by atoms with van der Waals surface area (Å²) in [7, 11) is 0. The van der Waals surface area contributed by atoms with E-state index >= 15 is 0 Å². The molecule has 0 aromatic carbocycles. The lowest BCUT2D eigenvalue weighted by Crippen LogP contribution is -2.20. The number of hydrogen-bond acceptors (Lipinski definition) is 2. The van der Waals surface area contributed by atoms with Gasteiger partial charge in [0.15, 0.2) is 0 Å². The van der Waals surface area contributed by atoms with Crippen LogP contribution in [0.5, 0.6) is 0 Å². The average molecular weight is 239 g/mol. The summed E-state index contributed by atoms with van der Waals surface area (Å²) >= 11 is 0. The van der Waals surface area contributed by atoms with Gasteiger partial charge in [-0.2, -0.15) is 0 Å². The second-order valence-corrected chi connectivity index (χ2v) is 5.70. The predicted molar refractivity (Wildman–Crippen MR) is 74.2 cm³/mol. The third kappa shape index (κ3) is 7.56. The highest BCUT2D eigenvalue weighted by Crippen LogP contribution is 2.22. The molecule has 1 N–H and O–H groups in total. The Balaban J connectivity index is 2.07. The summed E-state index contributed by atoms with van der Waals surface area (Å²) in [6.07, 6.45) is 7.34. The minimum Gasteiger partial charge on any atom is -0.381 e. The van der Waals surface area contributed by atoms with Crippen LogP contribution in [0, 0.1) is 11.8 Å². The van der Waals surface area contributed by atoms with Gasteiger partial charge in [-0.1, -0.05) is 25.5 Å². The monoisotopic (exact) mass is 239 g/mol. The van der Waals surface area contributed by atoms with Crippen LogP contribution in [0.3, 0.4) is 0 Å². The fourth-order valence-electron chi connectivity index (χ4n) is 2.30. The smallest absolute Gasteiger partial charge is 0.0468 e. The Hall–Kier alpha value is -0.340. The van der Waals surface area contributed by atoms with Gasteiger partial charge in [0.2, 0.25) is 0 Å². The molecule has 1 saturated heterocycles. The second kappa shape index (κ2) is 8.71. The largest absolute Gasteiger partial charge is 0.381 e. The van der Waals surface area contributed by atoms with Gasteiger partial charge in [-0.15, -0.1) is 0 Å². The summed E-state index contributed by atoms with van der Waals surface area (Å²) in [6.45, 7) is 11.0. The van der Waals surface area contributed by atoms with Crippen LogP contribution in [-0.2, 0) is 4.74 Å². The molecule has 0 unspecified atom stereocenters. The zero-order valence-electron chi connectivity index (χ0n) is 11.8. The van der Waals surface area contributed by atoms with Crippen molar-refractivity contribution in [3.8, 4) is 0 Å². The molecule has 0 aromatic heterocycles. The van der Waals surface area contributed by atoms with Crippen molar-refractivity contribution in [1.29, 1.82) is 0 Å². The van der Waals surface area contributed by atoms with E-state index in [0.29, 0.717) is 0 Å². The topological polar surface area (TPSA) is 21.3 Å². The molecular weight excluding hydrogens is 210 g/mol. The Kier molecular flexibility index (Phi) is 7.54. The molecule has 0 radical (unpaired) electrons. The Morgan fingerprint density at radius 2 is 2.06 bits per heavy atom. The third-order valence-corrected chi connectivity index (χ3v) is 3.32. The fourth-order valence-corrected chi connectivity index (χ4v) is 2.30. The molecule has 2 heteroatoms. The molecule has 1 heterocycles. The molecular formula is C15H29NO. The number of nitrogens with one attached hydrogen (secondary N) is 1. The number of ether oxygens (including phenoxy) is 1. The van der Waals surface area contributed by atoms with Crippen molar-refractivity contribution in [2.24, 2.45) is 11.8 Å². The highest BCUT2D eigenvalue weighted by molar-refractivity contribution is 4.99. The van der Waals surface area contributed by atoms with Gasteiger partial charge in [0.25, 0.3) is 0 Å². The maximum Gasteiger partial charge on any atom is 0.0468 e. The average Bonchev–Trinajstić information content (AvgIpc) is 2.29. The number of hydrogen-bond donors (Lipinski definition) is 1. The van der Waals surface area contributed by atoms with Crippen molar-refractivity contribution in [1.82, 2.24) is 5.32 Å². The molecule has 1 rings (SSSR count). The molecule has 0 aliphatic carbocycles. The summed E-state index contributed by atoms with van der Waals surface area (Å²) in [5.74, 6) is 1.62. The van der Waals surface area contributed by atoms with E-state index in [1.165, 1.54) is 25.7 Å². The maximum atomic E-state index is 5.39. The van der Waals surface area contributed by atoms with Crippen LogP contribution in [-0.4, -0.2) is 26.3 Å². The van der Waals surface area contributed by atoms with Crippen LogP contribution in [0.1, 0.15) is 46.5 Å².